The molecule has 12 nitrogen and oxygen atoms in total. The Hall–Kier alpha value is -3.28. The lowest BCUT2D eigenvalue weighted by molar-refractivity contribution is 0.488. The number of amidine groups is 2. The van der Waals surface area contributed by atoms with E-state index < -0.39 is 20.2 Å². The summed E-state index contributed by atoms with van der Waals surface area (Å²) in [5, 5.41) is 16.8. The molecule has 0 saturated carbocycles. The topological polar surface area (TPSA) is 234 Å². The Labute approximate surface area is 214 Å². The van der Waals surface area contributed by atoms with Crippen LogP contribution in [0.25, 0.3) is 32.6 Å². The molecule has 0 fully saturated rings. The number of nitrogens with zero attached hydrogens (tertiary/aromatic N) is 2. The maximum atomic E-state index is 9.19. The quantitative estimate of drug-likeness (QED) is 0.119. The van der Waals surface area contributed by atoms with Crippen molar-refractivity contribution in [1.29, 1.82) is 10.8 Å². The number of benzene rings is 2. The van der Waals surface area contributed by atoms with Gasteiger partial charge in [-0.3, -0.25) is 19.9 Å². The fraction of sp³-hybridized carbons (Fsp3) is 0.100. The lowest BCUT2D eigenvalue weighted by Crippen LogP contribution is -2.10. The minimum absolute atomic E-state index is 0.0526. The number of thiazole rings is 2. The predicted octanol–water partition coefficient (Wildman–Crippen LogP) is 2.65. The standard InChI is InChI=1S/C18H14N6S2.2CH4O3S/c19-17(20)9-1-3-11-13(7-9)25-15(23-11)5-6-16-24-12-4-2-10(18(21)22)8-14(12)26-16;2*1-5(2,3)4/h1-8H,(H3,19,20)(H3,21,22);2*1H3,(H,2,3,4)/b6-5+;;. The molecule has 0 unspecified atom stereocenters. The Morgan fingerprint density at radius 1 is 0.778 bits per heavy atom. The van der Waals surface area contributed by atoms with Crippen molar-refractivity contribution in [1.82, 2.24) is 9.97 Å². The maximum absolute atomic E-state index is 9.19. The molecule has 4 rings (SSSR count). The number of nitrogens with one attached hydrogen (secondary N) is 2. The number of hydrogen-bond acceptors (Lipinski definition) is 10. The Bertz CT molecular complexity index is 1530. The van der Waals surface area contributed by atoms with Crippen LogP contribution in [0.3, 0.4) is 0 Å². The normalized spacial score (nSPS) is 11.6. The number of aromatic nitrogens is 2. The Morgan fingerprint density at radius 3 is 1.36 bits per heavy atom. The average Bonchev–Trinajstić information content (AvgIpc) is 3.31. The van der Waals surface area contributed by atoms with Crippen molar-refractivity contribution in [2.24, 2.45) is 11.5 Å². The van der Waals surface area contributed by atoms with Gasteiger partial charge in [0, 0.05) is 11.1 Å². The van der Waals surface area contributed by atoms with Gasteiger partial charge in [-0.1, -0.05) is 0 Å². The van der Waals surface area contributed by atoms with Crippen LogP contribution in [0.4, 0.5) is 0 Å². The lowest BCUT2D eigenvalue weighted by Gasteiger charge is -1.95. The Kier molecular flexibility index (Phi) is 9.36. The molecule has 0 radical (unpaired) electrons. The van der Waals surface area contributed by atoms with Crippen molar-refractivity contribution >= 4 is 87.2 Å². The third kappa shape index (κ3) is 10.1. The van der Waals surface area contributed by atoms with Gasteiger partial charge < -0.3 is 11.5 Å². The van der Waals surface area contributed by atoms with Crippen LogP contribution in [0.5, 0.6) is 0 Å². The van der Waals surface area contributed by atoms with Crippen molar-refractivity contribution in [2.75, 3.05) is 12.5 Å². The molecule has 0 saturated heterocycles. The van der Waals surface area contributed by atoms with Crippen LogP contribution in [0.2, 0.25) is 0 Å². The van der Waals surface area contributed by atoms with E-state index in [0.29, 0.717) is 23.6 Å². The van der Waals surface area contributed by atoms with Gasteiger partial charge in [0.1, 0.15) is 21.7 Å². The molecule has 0 bridgehead atoms. The summed E-state index contributed by atoms with van der Waals surface area (Å²) < 4.78 is 53.7. The Morgan fingerprint density at radius 2 is 1.08 bits per heavy atom. The average molecular weight is 571 g/mol. The van der Waals surface area contributed by atoms with Gasteiger partial charge in [0.25, 0.3) is 20.2 Å². The van der Waals surface area contributed by atoms with Crippen molar-refractivity contribution in [3.05, 3.63) is 57.5 Å². The molecular formula is C20H22N6O6S4. The van der Waals surface area contributed by atoms with E-state index in [-0.39, 0.29) is 11.7 Å². The molecule has 16 heteroatoms. The van der Waals surface area contributed by atoms with Crippen molar-refractivity contribution in [3.8, 4) is 0 Å². The summed E-state index contributed by atoms with van der Waals surface area (Å²) in [6.45, 7) is 0. The highest BCUT2D eigenvalue weighted by molar-refractivity contribution is 7.85. The van der Waals surface area contributed by atoms with Crippen molar-refractivity contribution in [2.45, 2.75) is 0 Å². The fourth-order valence-corrected chi connectivity index (χ4v) is 4.32. The van der Waals surface area contributed by atoms with Gasteiger partial charge in [-0.25, -0.2) is 9.97 Å². The van der Waals surface area contributed by atoms with Crippen LogP contribution in [0.15, 0.2) is 36.4 Å². The molecule has 2 aromatic carbocycles. The molecule has 2 aromatic heterocycles. The minimum atomic E-state index is -3.67. The van der Waals surface area contributed by atoms with E-state index in [2.05, 4.69) is 9.97 Å². The summed E-state index contributed by atoms with van der Waals surface area (Å²) in [7, 11) is -7.33. The Balaban J connectivity index is 0.000000389. The molecule has 192 valence electrons. The zero-order valence-corrected chi connectivity index (χ0v) is 22.1. The molecule has 2 heterocycles. The summed E-state index contributed by atoms with van der Waals surface area (Å²) in [6.07, 6.45) is 5.30. The van der Waals surface area contributed by atoms with E-state index in [1.165, 1.54) is 0 Å². The highest BCUT2D eigenvalue weighted by Crippen LogP contribution is 2.27. The zero-order chi connectivity index (χ0) is 27.3. The molecule has 36 heavy (non-hydrogen) atoms. The predicted molar refractivity (Wildman–Crippen MR) is 145 cm³/mol. The van der Waals surface area contributed by atoms with Crippen LogP contribution in [0.1, 0.15) is 21.1 Å². The van der Waals surface area contributed by atoms with E-state index in [1.807, 2.05) is 36.4 Å². The summed E-state index contributed by atoms with van der Waals surface area (Å²) >= 11 is 3.09. The van der Waals surface area contributed by atoms with E-state index in [0.717, 1.165) is 30.4 Å². The smallest absolute Gasteiger partial charge is 0.261 e. The summed E-state index contributed by atoms with van der Waals surface area (Å²) in [5.41, 5.74) is 14.2. The van der Waals surface area contributed by atoms with Crippen molar-refractivity contribution in [3.63, 3.8) is 0 Å². The molecule has 4 aromatic rings. The van der Waals surface area contributed by atoms with Crippen LogP contribution < -0.4 is 11.5 Å². The molecule has 0 aliphatic rings. The first-order chi connectivity index (χ1) is 16.5. The molecule has 0 amide bonds. The van der Waals surface area contributed by atoms with E-state index >= 15 is 0 Å². The van der Waals surface area contributed by atoms with Gasteiger partial charge in [0.05, 0.1) is 32.9 Å². The van der Waals surface area contributed by atoms with E-state index in [4.69, 9.17) is 31.4 Å². The molecule has 8 N–H and O–H groups in total. The highest BCUT2D eigenvalue weighted by atomic mass is 32.2. The summed E-state index contributed by atoms with van der Waals surface area (Å²) in [5.74, 6) is 0.105. The first-order valence-electron chi connectivity index (χ1n) is 9.52. The first-order valence-corrected chi connectivity index (χ1v) is 14.9. The van der Waals surface area contributed by atoms with Gasteiger partial charge in [-0.05, 0) is 48.6 Å². The van der Waals surface area contributed by atoms with Crippen molar-refractivity contribution < 1.29 is 25.9 Å². The second-order valence-corrected chi connectivity index (χ2v) is 12.2. The fourth-order valence-electron chi connectivity index (χ4n) is 2.51. The molecule has 0 aliphatic carbocycles. The van der Waals surface area contributed by atoms with E-state index in [1.54, 1.807) is 34.8 Å². The monoisotopic (exact) mass is 570 g/mol. The zero-order valence-electron chi connectivity index (χ0n) is 18.8. The first kappa shape index (κ1) is 29.0. The third-order valence-electron chi connectivity index (χ3n) is 3.80. The van der Waals surface area contributed by atoms with E-state index in [9.17, 15) is 16.8 Å². The van der Waals surface area contributed by atoms with Crippen LogP contribution in [-0.2, 0) is 20.2 Å². The second kappa shape index (κ2) is 11.6. The maximum Gasteiger partial charge on any atom is 0.261 e. The number of rotatable bonds is 4. The van der Waals surface area contributed by atoms with Gasteiger partial charge in [0.2, 0.25) is 0 Å². The number of fused-ring (bicyclic) bond motifs is 2. The molecule has 0 spiro atoms. The third-order valence-corrected chi connectivity index (χ3v) is 5.77. The second-order valence-electron chi connectivity index (χ2n) is 7.10. The summed E-state index contributed by atoms with van der Waals surface area (Å²) in [4.78, 5) is 9.14. The summed E-state index contributed by atoms with van der Waals surface area (Å²) in [6, 6.07) is 11.1. The molecule has 0 atom stereocenters. The van der Waals surface area contributed by atoms with Gasteiger partial charge >= 0.3 is 0 Å². The minimum Gasteiger partial charge on any atom is -0.384 e. The van der Waals surface area contributed by atoms with Gasteiger partial charge in [0.15, 0.2) is 0 Å². The van der Waals surface area contributed by atoms with Gasteiger partial charge in [-0.2, -0.15) is 16.8 Å². The van der Waals surface area contributed by atoms with Crippen LogP contribution >= 0.6 is 22.7 Å². The van der Waals surface area contributed by atoms with Crippen LogP contribution in [-0.4, -0.2) is 60.1 Å². The van der Waals surface area contributed by atoms with Crippen LogP contribution in [0, 0.1) is 10.8 Å². The highest BCUT2D eigenvalue weighted by Gasteiger charge is 2.06. The number of nitrogens with two attached hydrogens (primary N) is 2. The van der Waals surface area contributed by atoms with Gasteiger partial charge in [-0.15, -0.1) is 22.7 Å². The molecule has 0 aliphatic heterocycles. The number of nitrogen functional groups attached to an aromatic ring is 2. The largest absolute Gasteiger partial charge is 0.384 e. The SMILES string of the molecule is CS(=O)(=O)O.CS(=O)(=O)O.N=C(N)c1ccc2nc(/C=C/c3nc4ccc(C(=N)N)cc4s3)sc2c1. The molecular weight excluding hydrogens is 549 g/mol. The number of hydrogen-bond donors (Lipinski definition) is 6. The lowest BCUT2D eigenvalue weighted by atomic mass is 10.2.